The lowest BCUT2D eigenvalue weighted by atomic mass is 9.84. The van der Waals surface area contributed by atoms with Crippen LogP contribution < -0.4 is 4.72 Å². The van der Waals surface area contributed by atoms with Gasteiger partial charge in [-0.3, -0.25) is 0 Å². The maximum atomic E-state index is 12.0. The summed E-state index contributed by atoms with van der Waals surface area (Å²) in [5.41, 5.74) is 1.20. The van der Waals surface area contributed by atoms with E-state index in [0.717, 1.165) is 0 Å². The Hall–Kier alpha value is -0.950. The Labute approximate surface area is 126 Å². The van der Waals surface area contributed by atoms with Gasteiger partial charge in [0.2, 0.25) is 10.0 Å². The molecule has 6 heteroatoms. The molecule has 0 aromatic heterocycles. The fourth-order valence-electron chi connectivity index (χ4n) is 2.71. The molecule has 118 valence electrons. The van der Waals surface area contributed by atoms with Crippen LogP contribution in [0, 0.1) is 0 Å². The highest BCUT2D eigenvalue weighted by Crippen LogP contribution is 2.32. The molecule has 21 heavy (non-hydrogen) atoms. The first-order chi connectivity index (χ1) is 10.0. The molecule has 0 bridgehead atoms. The van der Waals surface area contributed by atoms with Crippen LogP contribution in [0.2, 0.25) is 0 Å². The van der Waals surface area contributed by atoms with Crippen molar-refractivity contribution in [3.8, 4) is 0 Å². The van der Waals surface area contributed by atoms with E-state index in [1.165, 1.54) is 37.7 Å². The Morgan fingerprint density at radius 2 is 1.76 bits per heavy atom. The predicted octanol–water partition coefficient (Wildman–Crippen LogP) is 1.37. The SMILES string of the molecule is O=S(=O)(NCC(O)CO)c1ccc(C2CCCCC2)cc1. The zero-order valence-electron chi connectivity index (χ0n) is 12.0. The highest BCUT2D eigenvalue weighted by Gasteiger charge is 2.18. The van der Waals surface area contributed by atoms with Crippen LogP contribution in [0.25, 0.3) is 0 Å². The van der Waals surface area contributed by atoms with Gasteiger partial charge in [0.15, 0.2) is 0 Å². The van der Waals surface area contributed by atoms with Gasteiger partial charge in [-0.25, -0.2) is 13.1 Å². The maximum absolute atomic E-state index is 12.0. The third-order valence-corrected chi connectivity index (χ3v) is 5.43. The van der Waals surface area contributed by atoms with E-state index in [9.17, 15) is 13.5 Å². The van der Waals surface area contributed by atoms with Crippen molar-refractivity contribution in [2.24, 2.45) is 0 Å². The van der Waals surface area contributed by atoms with Gasteiger partial charge in [-0.1, -0.05) is 31.4 Å². The third kappa shape index (κ3) is 4.51. The van der Waals surface area contributed by atoms with Crippen molar-refractivity contribution < 1.29 is 18.6 Å². The normalized spacial score (nSPS) is 18.6. The molecule has 3 N–H and O–H groups in total. The largest absolute Gasteiger partial charge is 0.394 e. The highest BCUT2D eigenvalue weighted by molar-refractivity contribution is 7.89. The highest BCUT2D eigenvalue weighted by atomic mass is 32.2. The number of hydrogen-bond acceptors (Lipinski definition) is 4. The molecule has 1 saturated carbocycles. The summed E-state index contributed by atoms with van der Waals surface area (Å²) in [6.07, 6.45) is 5.04. The Morgan fingerprint density at radius 3 is 2.33 bits per heavy atom. The summed E-state index contributed by atoms with van der Waals surface area (Å²) < 4.78 is 26.4. The minimum Gasteiger partial charge on any atom is -0.394 e. The van der Waals surface area contributed by atoms with Crippen molar-refractivity contribution in [2.75, 3.05) is 13.2 Å². The Balaban J connectivity index is 2.03. The monoisotopic (exact) mass is 313 g/mol. The lowest BCUT2D eigenvalue weighted by Gasteiger charge is -2.22. The molecule has 1 unspecified atom stereocenters. The first-order valence-corrected chi connectivity index (χ1v) is 8.90. The number of hydrogen-bond donors (Lipinski definition) is 3. The zero-order chi connectivity index (χ0) is 15.3. The van der Waals surface area contributed by atoms with Crippen molar-refractivity contribution in [1.29, 1.82) is 0 Å². The van der Waals surface area contributed by atoms with Crippen LogP contribution in [0.15, 0.2) is 29.2 Å². The molecule has 0 spiro atoms. The average molecular weight is 313 g/mol. The molecular formula is C15H23NO4S. The van der Waals surface area contributed by atoms with E-state index in [1.807, 2.05) is 12.1 Å². The van der Waals surface area contributed by atoms with E-state index in [0.29, 0.717) is 5.92 Å². The smallest absolute Gasteiger partial charge is 0.240 e. The Bertz CT molecular complexity index is 535. The molecule has 1 aromatic carbocycles. The van der Waals surface area contributed by atoms with Crippen LogP contribution in [0.5, 0.6) is 0 Å². The van der Waals surface area contributed by atoms with Crippen LogP contribution in [0.4, 0.5) is 0 Å². The topological polar surface area (TPSA) is 86.6 Å². The van der Waals surface area contributed by atoms with Crippen LogP contribution in [-0.4, -0.2) is 37.9 Å². The molecule has 1 aliphatic carbocycles. The van der Waals surface area contributed by atoms with Gasteiger partial charge in [0.1, 0.15) is 0 Å². The molecule has 0 amide bonds. The molecule has 1 aromatic rings. The van der Waals surface area contributed by atoms with Crippen LogP contribution in [0.3, 0.4) is 0 Å². The molecular weight excluding hydrogens is 290 g/mol. The molecule has 0 saturated heterocycles. The summed E-state index contributed by atoms with van der Waals surface area (Å²) in [7, 11) is -3.63. The van der Waals surface area contributed by atoms with Crippen molar-refractivity contribution in [3.05, 3.63) is 29.8 Å². The number of sulfonamides is 1. The quantitative estimate of drug-likeness (QED) is 0.740. The molecule has 1 atom stereocenters. The summed E-state index contributed by atoms with van der Waals surface area (Å²) in [5, 5.41) is 17.9. The van der Waals surface area contributed by atoms with Crippen molar-refractivity contribution in [3.63, 3.8) is 0 Å². The Morgan fingerprint density at radius 1 is 1.14 bits per heavy atom. The Kier molecular flexibility index (Phi) is 5.75. The van der Waals surface area contributed by atoms with Gasteiger partial charge >= 0.3 is 0 Å². The van der Waals surface area contributed by atoms with E-state index in [2.05, 4.69) is 4.72 Å². The van der Waals surface area contributed by atoms with Gasteiger partial charge < -0.3 is 10.2 Å². The second kappa shape index (κ2) is 7.35. The zero-order valence-corrected chi connectivity index (χ0v) is 12.8. The summed E-state index contributed by atoms with van der Waals surface area (Å²) in [5.74, 6) is 0.541. The second-order valence-electron chi connectivity index (χ2n) is 5.59. The van der Waals surface area contributed by atoms with E-state index in [-0.39, 0.29) is 11.4 Å². The second-order valence-corrected chi connectivity index (χ2v) is 7.36. The minimum absolute atomic E-state index is 0.187. The maximum Gasteiger partial charge on any atom is 0.240 e. The van der Waals surface area contributed by atoms with Gasteiger partial charge in [-0.05, 0) is 36.5 Å². The molecule has 0 aliphatic heterocycles. The number of rotatable bonds is 6. The number of benzene rings is 1. The fourth-order valence-corrected chi connectivity index (χ4v) is 3.78. The molecule has 1 fully saturated rings. The van der Waals surface area contributed by atoms with E-state index >= 15 is 0 Å². The third-order valence-electron chi connectivity index (χ3n) is 3.99. The van der Waals surface area contributed by atoms with Gasteiger partial charge in [-0.2, -0.15) is 0 Å². The number of aliphatic hydroxyl groups excluding tert-OH is 2. The molecule has 1 aliphatic rings. The van der Waals surface area contributed by atoms with E-state index in [1.54, 1.807) is 12.1 Å². The lowest BCUT2D eigenvalue weighted by Crippen LogP contribution is -2.33. The van der Waals surface area contributed by atoms with Crippen molar-refractivity contribution in [2.45, 2.75) is 49.0 Å². The first kappa shape index (κ1) is 16.4. The number of nitrogens with one attached hydrogen (secondary N) is 1. The van der Waals surface area contributed by atoms with Gasteiger partial charge in [0, 0.05) is 6.54 Å². The van der Waals surface area contributed by atoms with Crippen LogP contribution in [0.1, 0.15) is 43.6 Å². The van der Waals surface area contributed by atoms with Gasteiger partial charge in [0.25, 0.3) is 0 Å². The molecule has 0 heterocycles. The standard InChI is InChI=1S/C15H23NO4S/c17-11-14(18)10-16-21(19,20)15-8-6-13(7-9-15)12-4-2-1-3-5-12/h6-9,12,14,16-18H,1-5,10-11H2. The average Bonchev–Trinajstić information content (AvgIpc) is 2.53. The summed E-state index contributed by atoms with van der Waals surface area (Å²) in [6.45, 7) is -0.660. The number of aliphatic hydroxyl groups is 2. The molecule has 5 nitrogen and oxygen atoms in total. The van der Waals surface area contributed by atoms with Gasteiger partial charge in [-0.15, -0.1) is 0 Å². The molecule has 0 radical (unpaired) electrons. The lowest BCUT2D eigenvalue weighted by molar-refractivity contribution is 0.0988. The fraction of sp³-hybridized carbons (Fsp3) is 0.600. The van der Waals surface area contributed by atoms with Gasteiger partial charge in [0.05, 0.1) is 17.6 Å². The minimum atomic E-state index is -3.63. The predicted molar refractivity (Wildman–Crippen MR) is 80.5 cm³/mol. The van der Waals surface area contributed by atoms with E-state index in [4.69, 9.17) is 5.11 Å². The first-order valence-electron chi connectivity index (χ1n) is 7.41. The summed E-state index contributed by atoms with van der Waals surface area (Å²) in [6, 6.07) is 6.98. The van der Waals surface area contributed by atoms with Crippen LogP contribution >= 0.6 is 0 Å². The molecule has 2 rings (SSSR count). The van der Waals surface area contributed by atoms with Crippen molar-refractivity contribution in [1.82, 2.24) is 4.72 Å². The van der Waals surface area contributed by atoms with Crippen molar-refractivity contribution >= 4 is 10.0 Å². The van der Waals surface area contributed by atoms with E-state index < -0.39 is 22.7 Å². The summed E-state index contributed by atoms with van der Waals surface area (Å²) >= 11 is 0. The van der Waals surface area contributed by atoms with Crippen LogP contribution in [-0.2, 0) is 10.0 Å². The summed E-state index contributed by atoms with van der Waals surface area (Å²) in [4.78, 5) is 0.187.